The van der Waals surface area contributed by atoms with Crippen LogP contribution in [0.2, 0.25) is 0 Å². The zero-order valence-electron chi connectivity index (χ0n) is 9.15. The molecule has 1 aromatic heterocycles. The molecule has 6 heteroatoms. The molecule has 1 aromatic rings. The smallest absolute Gasteiger partial charge is 0.341 e. The molecule has 86 valence electrons. The third-order valence-corrected chi connectivity index (χ3v) is 2.84. The number of rotatable bonds is 3. The van der Waals surface area contributed by atoms with Gasteiger partial charge in [0.2, 0.25) is 5.91 Å². The van der Waals surface area contributed by atoms with E-state index in [4.69, 9.17) is 5.11 Å². The van der Waals surface area contributed by atoms with Gasteiger partial charge >= 0.3 is 5.97 Å². The van der Waals surface area contributed by atoms with E-state index in [9.17, 15) is 9.59 Å². The molecule has 0 saturated heterocycles. The minimum Gasteiger partial charge on any atom is -0.477 e. The quantitative estimate of drug-likeness (QED) is 0.795. The molecule has 1 heterocycles. The maximum Gasteiger partial charge on any atom is 0.341 e. The van der Waals surface area contributed by atoms with E-state index in [-0.39, 0.29) is 22.7 Å². The van der Waals surface area contributed by atoms with Crippen LogP contribution in [0.3, 0.4) is 0 Å². The molecule has 1 aliphatic carbocycles. The monoisotopic (exact) mass is 223 g/mol. The minimum atomic E-state index is -1.09. The summed E-state index contributed by atoms with van der Waals surface area (Å²) < 4.78 is 1.37. The second kappa shape index (κ2) is 3.33. The van der Waals surface area contributed by atoms with Crippen molar-refractivity contribution in [1.29, 1.82) is 0 Å². The molecular formula is C10H13N3O3. The van der Waals surface area contributed by atoms with Crippen molar-refractivity contribution in [1.82, 2.24) is 9.78 Å². The fourth-order valence-corrected chi connectivity index (χ4v) is 1.41. The van der Waals surface area contributed by atoms with Crippen molar-refractivity contribution in [2.75, 3.05) is 5.32 Å². The molecule has 0 bridgehead atoms. The van der Waals surface area contributed by atoms with Crippen molar-refractivity contribution < 1.29 is 14.7 Å². The molecule has 0 radical (unpaired) electrons. The summed E-state index contributed by atoms with van der Waals surface area (Å²) in [6.07, 6.45) is 3.05. The van der Waals surface area contributed by atoms with Crippen molar-refractivity contribution in [3.8, 4) is 0 Å². The van der Waals surface area contributed by atoms with E-state index in [0.29, 0.717) is 0 Å². The highest BCUT2D eigenvalue weighted by Gasteiger charge is 2.45. The van der Waals surface area contributed by atoms with E-state index >= 15 is 0 Å². The largest absolute Gasteiger partial charge is 0.477 e. The van der Waals surface area contributed by atoms with Crippen LogP contribution >= 0.6 is 0 Å². The Morgan fingerprint density at radius 3 is 2.69 bits per heavy atom. The van der Waals surface area contributed by atoms with Crippen LogP contribution in [0.25, 0.3) is 0 Å². The van der Waals surface area contributed by atoms with Gasteiger partial charge in [-0.25, -0.2) is 4.79 Å². The third-order valence-electron chi connectivity index (χ3n) is 2.84. The predicted octanol–water partition coefficient (Wildman–Crippen LogP) is 0.857. The fourth-order valence-electron chi connectivity index (χ4n) is 1.41. The maximum absolute atomic E-state index is 11.7. The van der Waals surface area contributed by atoms with E-state index < -0.39 is 5.97 Å². The summed E-state index contributed by atoms with van der Waals surface area (Å²) in [5, 5.41) is 15.4. The highest BCUT2D eigenvalue weighted by atomic mass is 16.4. The number of carboxylic acids is 1. The average Bonchev–Trinajstić information content (AvgIpc) is 2.82. The van der Waals surface area contributed by atoms with E-state index in [1.807, 2.05) is 6.92 Å². The molecule has 6 nitrogen and oxygen atoms in total. The van der Waals surface area contributed by atoms with Crippen molar-refractivity contribution in [3.63, 3.8) is 0 Å². The Morgan fingerprint density at radius 1 is 1.56 bits per heavy atom. The molecule has 16 heavy (non-hydrogen) atoms. The van der Waals surface area contributed by atoms with Crippen molar-refractivity contribution in [2.24, 2.45) is 12.5 Å². The maximum atomic E-state index is 11.7. The first-order valence-electron chi connectivity index (χ1n) is 5.01. The van der Waals surface area contributed by atoms with Crippen molar-refractivity contribution >= 4 is 17.7 Å². The van der Waals surface area contributed by atoms with E-state index in [1.54, 1.807) is 7.05 Å². The SMILES string of the molecule is Cn1cc(C(=O)O)c(NC(=O)C2(C)CC2)n1. The normalized spacial score (nSPS) is 16.9. The zero-order chi connectivity index (χ0) is 11.9. The Hall–Kier alpha value is -1.85. The van der Waals surface area contributed by atoms with Crippen molar-refractivity contribution in [2.45, 2.75) is 19.8 Å². The van der Waals surface area contributed by atoms with Gasteiger partial charge in [0.25, 0.3) is 0 Å². The lowest BCUT2D eigenvalue weighted by atomic mass is 10.1. The van der Waals surface area contributed by atoms with Crippen LogP contribution in [0, 0.1) is 5.41 Å². The number of hydrogen-bond donors (Lipinski definition) is 2. The fraction of sp³-hybridized carbons (Fsp3) is 0.500. The number of aryl methyl sites for hydroxylation is 1. The van der Waals surface area contributed by atoms with Crippen LogP contribution in [-0.4, -0.2) is 26.8 Å². The number of nitrogens with zero attached hydrogens (tertiary/aromatic N) is 2. The van der Waals surface area contributed by atoms with Crippen LogP contribution in [0.5, 0.6) is 0 Å². The van der Waals surface area contributed by atoms with Crippen molar-refractivity contribution in [3.05, 3.63) is 11.8 Å². The van der Waals surface area contributed by atoms with Gasteiger partial charge in [-0.1, -0.05) is 6.92 Å². The van der Waals surface area contributed by atoms with Crippen LogP contribution < -0.4 is 5.32 Å². The zero-order valence-corrected chi connectivity index (χ0v) is 9.15. The standard InChI is InChI=1S/C10H13N3O3/c1-10(3-4-10)9(16)11-7-6(8(14)15)5-13(2)12-7/h5H,3-4H2,1-2H3,(H,14,15)(H,11,12,16). The van der Waals surface area contributed by atoms with E-state index in [1.165, 1.54) is 10.9 Å². The first-order valence-corrected chi connectivity index (χ1v) is 5.01. The molecular weight excluding hydrogens is 210 g/mol. The van der Waals surface area contributed by atoms with Crippen LogP contribution in [0.1, 0.15) is 30.1 Å². The van der Waals surface area contributed by atoms with E-state index in [0.717, 1.165) is 12.8 Å². The second-order valence-corrected chi connectivity index (χ2v) is 4.38. The number of carbonyl (C=O) groups is 2. The highest BCUT2D eigenvalue weighted by Crippen LogP contribution is 2.45. The molecule has 0 spiro atoms. The molecule has 2 rings (SSSR count). The third kappa shape index (κ3) is 1.78. The molecule has 1 saturated carbocycles. The summed E-state index contributed by atoms with van der Waals surface area (Å²) in [5.41, 5.74) is -0.326. The molecule has 1 aliphatic rings. The predicted molar refractivity (Wildman–Crippen MR) is 56.1 cm³/mol. The number of nitrogens with one attached hydrogen (secondary N) is 1. The first kappa shape index (κ1) is 10.7. The summed E-state index contributed by atoms with van der Waals surface area (Å²) in [7, 11) is 1.61. The number of carboxylic acid groups (broad SMARTS) is 1. The Bertz CT molecular complexity index is 460. The van der Waals surface area contributed by atoms with Crippen LogP contribution in [0.15, 0.2) is 6.20 Å². The lowest BCUT2D eigenvalue weighted by molar-refractivity contribution is -0.120. The molecule has 1 amide bonds. The van der Waals surface area contributed by atoms with Gasteiger partial charge in [-0.05, 0) is 12.8 Å². The second-order valence-electron chi connectivity index (χ2n) is 4.38. The summed E-state index contributed by atoms with van der Waals surface area (Å²) in [6.45, 7) is 1.85. The number of amides is 1. The van der Waals surface area contributed by atoms with Gasteiger partial charge < -0.3 is 10.4 Å². The van der Waals surface area contributed by atoms with Crippen LogP contribution in [0.4, 0.5) is 5.82 Å². The number of anilines is 1. The molecule has 2 N–H and O–H groups in total. The summed E-state index contributed by atoms with van der Waals surface area (Å²) in [6, 6.07) is 0. The number of hydrogen-bond acceptors (Lipinski definition) is 3. The highest BCUT2D eigenvalue weighted by molar-refractivity contribution is 6.01. The lowest BCUT2D eigenvalue weighted by Crippen LogP contribution is -2.22. The topological polar surface area (TPSA) is 84.2 Å². The van der Waals surface area contributed by atoms with Gasteiger partial charge in [-0.3, -0.25) is 9.48 Å². The van der Waals surface area contributed by atoms with Gasteiger partial charge in [-0.2, -0.15) is 5.10 Å². The van der Waals surface area contributed by atoms with E-state index in [2.05, 4.69) is 10.4 Å². The Morgan fingerprint density at radius 2 is 2.19 bits per heavy atom. The van der Waals surface area contributed by atoms with Gasteiger partial charge in [0.15, 0.2) is 5.82 Å². The molecule has 0 atom stereocenters. The Balaban J connectivity index is 2.20. The summed E-state index contributed by atoms with van der Waals surface area (Å²) in [4.78, 5) is 22.6. The van der Waals surface area contributed by atoms with Gasteiger partial charge in [-0.15, -0.1) is 0 Å². The number of carbonyl (C=O) groups excluding carboxylic acids is 1. The molecule has 1 fully saturated rings. The summed E-state index contributed by atoms with van der Waals surface area (Å²) in [5.74, 6) is -1.13. The van der Waals surface area contributed by atoms with Crippen LogP contribution in [-0.2, 0) is 11.8 Å². The Labute approximate surface area is 92.3 Å². The number of aromatic nitrogens is 2. The molecule has 0 aromatic carbocycles. The molecule has 0 aliphatic heterocycles. The van der Waals surface area contributed by atoms with Gasteiger partial charge in [0.05, 0.1) is 0 Å². The lowest BCUT2D eigenvalue weighted by Gasteiger charge is -2.07. The average molecular weight is 223 g/mol. The summed E-state index contributed by atoms with van der Waals surface area (Å²) >= 11 is 0. The molecule has 0 unspecified atom stereocenters. The Kier molecular flexibility index (Phi) is 2.22. The first-order chi connectivity index (χ1) is 7.42. The van der Waals surface area contributed by atoms with Gasteiger partial charge in [0, 0.05) is 18.7 Å². The number of aromatic carboxylic acids is 1. The minimum absolute atomic E-state index is 0.0140. The van der Waals surface area contributed by atoms with Gasteiger partial charge in [0.1, 0.15) is 5.56 Å².